The molecule has 0 amide bonds. The van der Waals surface area contributed by atoms with Crippen LogP contribution in [-0.2, 0) is 28.6 Å². The standard InChI is InChI=1S/C58H102O6/c1-4-7-10-13-16-19-22-25-27-28-29-30-32-33-36-39-42-45-48-51-57(60)63-54-55(53-62-56(59)50-47-44-41-38-35-24-21-18-15-12-9-6-3)64-58(61)52-49-46-43-40-37-34-31-26-23-20-17-14-11-8-5-2/h16-17,19-20,25-27,29-31,55H,4-15,18,21-24,28,32-54H2,1-3H3/b19-16-,20-17-,27-25-,30-29-,31-26-. The van der Waals surface area contributed by atoms with Gasteiger partial charge in [0.15, 0.2) is 6.10 Å². The maximum Gasteiger partial charge on any atom is 0.306 e. The van der Waals surface area contributed by atoms with Gasteiger partial charge in [-0.3, -0.25) is 14.4 Å². The summed E-state index contributed by atoms with van der Waals surface area (Å²) in [6.07, 6.45) is 64.8. The van der Waals surface area contributed by atoms with Crippen LogP contribution >= 0.6 is 0 Å². The van der Waals surface area contributed by atoms with Crippen LogP contribution in [0.25, 0.3) is 0 Å². The third-order valence-corrected chi connectivity index (χ3v) is 11.7. The predicted molar refractivity (Wildman–Crippen MR) is 275 cm³/mol. The van der Waals surface area contributed by atoms with Crippen LogP contribution in [0.3, 0.4) is 0 Å². The second kappa shape index (κ2) is 52.7. The van der Waals surface area contributed by atoms with Gasteiger partial charge in [0.2, 0.25) is 0 Å². The molecule has 0 aliphatic heterocycles. The lowest BCUT2D eigenvalue weighted by molar-refractivity contribution is -0.167. The van der Waals surface area contributed by atoms with E-state index in [2.05, 4.69) is 81.5 Å². The third kappa shape index (κ3) is 50.1. The summed E-state index contributed by atoms with van der Waals surface area (Å²) in [6.45, 7) is 6.57. The van der Waals surface area contributed by atoms with Crippen molar-refractivity contribution in [3.05, 3.63) is 60.8 Å². The lowest BCUT2D eigenvalue weighted by Crippen LogP contribution is -2.30. The minimum Gasteiger partial charge on any atom is -0.462 e. The molecule has 1 unspecified atom stereocenters. The van der Waals surface area contributed by atoms with Crippen LogP contribution in [0.15, 0.2) is 60.8 Å². The summed E-state index contributed by atoms with van der Waals surface area (Å²) in [5.74, 6) is -0.902. The molecule has 0 saturated heterocycles. The molecule has 0 radical (unpaired) electrons. The summed E-state index contributed by atoms with van der Waals surface area (Å²) >= 11 is 0. The van der Waals surface area contributed by atoms with Crippen molar-refractivity contribution in [3.8, 4) is 0 Å². The molecule has 0 N–H and O–H groups in total. The Kier molecular flexibility index (Phi) is 50.4. The monoisotopic (exact) mass is 895 g/mol. The van der Waals surface area contributed by atoms with Crippen molar-refractivity contribution >= 4 is 17.9 Å². The van der Waals surface area contributed by atoms with Crippen LogP contribution in [0.1, 0.15) is 271 Å². The molecule has 0 aromatic heterocycles. The van der Waals surface area contributed by atoms with E-state index in [9.17, 15) is 14.4 Å². The Bertz CT molecular complexity index is 1170. The maximum atomic E-state index is 12.8. The van der Waals surface area contributed by atoms with Crippen molar-refractivity contribution in [2.24, 2.45) is 0 Å². The fraction of sp³-hybridized carbons (Fsp3) is 0.776. The highest BCUT2D eigenvalue weighted by Crippen LogP contribution is 2.15. The van der Waals surface area contributed by atoms with E-state index < -0.39 is 6.10 Å². The van der Waals surface area contributed by atoms with E-state index in [-0.39, 0.29) is 31.1 Å². The van der Waals surface area contributed by atoms with E-state index in [1.165, 1.54) is 128 Å². The SMILES string of the molecule is CCCCC/C=C\C/C=C\C/C=C\CCCCCCCCC(=O)OCC(COC(=O)CCCCCCCCCCCCCC)OC(=O)CCCCCCC/C=C\C/C=C\CCCCC. The van der Waals surface area contributed by atoms with E-state index >= 15 is 0 Å². The van der Waals surface area contributed by atoms with E-state index in [1.807, 2.05) is 0 Å². The first-order valence-electron chi connectivity index (χ1n) is 27.3. The van der Waals surface area contributed by atoms with Crippen molar-refractivity contribution in [3.63, 3.8) is 0 Å². The molecule has 6 nitrogen and oxygen atoms in total. The van der Waals surface area contributed by atoms with E-state index in [1.54, 1.807) is 0 Å². The number of hydrogen-bond acceptors (Lipinski definition) is 6. The lowest BCUT2D eigenvalue weighted by atomic mass is 10.0. The molecule has 0 aliphatic rings. The van der Waals surface area contributed by atoms with Gasteiger partial charge >= 0.3 is 17.9 Å². The zero-order valence-electron chi connectivity index (χ0n) is 42.3. The smallest absolute Gasteiger partial charge is 0.306 e. The Balaban J connectivity index is 4.39. The molecule has 0 heterocycles. The number of esters is 3. The molecule has 0 spiro atoms. The van der Waals surface area contributed by atoms with Gasteiger partial charge in [-0.15, -0.1) is 0 Å². The van der Waals surface area contributed by atoms with Gasteiger partial charge in [0, 0.05) is 19.3 Å². The van der Waals surface area contributed by atoms with Gasteiger partial charge < -0.3 is 14.2 Å². The van der Waals surface area contributed by atoms with Gasteiger partial charge in [-0.25, -0.2) is 0 Å². The Morgan fingerprint density at radius 2 is 0.562 bits per heavy atom. The van der Waals surface area contributed by atoms with E-state index in [0.29, 0.717) is 19.3 Å². The molecule has 370 valence electrons. The first kappa shape index (κ1) is 61.1. The van der Waals surface area contributed by atoms with Crippen LogP contribution in [-0.4, -0.2) is 37.2 Å². The molecule has 6 heteroatoms. The second-order valence-electron chi connectivity index (χ2n) is 18.1. The average molecular weight is 895 g/mol. The summed E-state index contributed by atoms with van der Waals surface area (Å²) in [5.41, 5.74) is 0. The molecule has 0 bridgehead atoms. The number of ether oxygens (including phenoxy) is 3. The van der Waals surface area contributed by atoms with Gasteiger partial charge in [-0.2, -0.15) is 0 Å². The highest BCUT2D eigenvalue weighted by molar-refractivity contribution is 5.71. The van der Waals surface area contributed by atoms with E-state index in [0.717, 1.165) is 103 Å². The molecule has 0 aromatic carbocycles. The Morgan fingerprint density at radius 1 is 0.312 bits per heavy atom. The van der Waals surface area contributed by atoms with Crippen molar-refractivity contribution < 1.29 is 28.6 Å². The third-order valence-electron chi connectivity index (χ3n) is 11.7. The Labute approximate surface area is 396 Å². The molecule has 0 saturated carbocycles. The summed E-state index contributed by atoms with van der Waals surface area (Å²) in [4.78, 5) is 38.0. The topological polar surface area (TPSA) is 78.9 Å². The fourth-order valence-corrected chi connectivity index (χ4v) is 7.60. The van der Waals surface area contributed by atoms with Gasteiger partial charge in [-0.05, 0) is 89.9 Å². The number of rotatable bonds is 49. The van der Waals surface area contributed by atoms with Crippen molar-refractivity contribution in [2.75, 3.05) is 13.2 Å². The molecule has 0 rings (SSSR count). The summed E-state index contributed by atoms with van der Waals surface area (Å²) < 4.78 is 16.8. The van der Waals surface area contributed by atoms with Crippen molar-refractivity contribution in [2.45, 2.75) is 277 Å². The number of allylic oxidation sites excluding steroid dienone is 10. The molecular weight excluding hydrogens is 793 g/mol. The van der Waals surface area contributed by atoms with Crippen LogP contribution < -0.4 is 0 Å². The number of hydrogen-bond donors (Lipinski definition) is 0. The zero-order chi connectivity index (χ0) is 46.5. The van der Waals surface area contributed by atoms with Gasteiger partial charge in [0.25, 0.3) is 0 Å². The highest BCUT2D eigenvalue weighted by Gasteiger charge is 2.19. The van der Waals surface area contributed by atoms with E-state index in [4.69, 9.17) is 14.2 Å². The molecule has 64 heavy (non-hydrogen) atoms. The van der Waals surface area contributed by atoms with Gasteiger partial charge in [0.1, 0.15) is 13.2 Å². The maximum absolute atomic E-state index is 12.8. The highest BCUT2D eigenvalue weighted by atomic mass is 16.6. The minimum absolute atomic E-state index is 0.0823. The number of carbonyl (C=O) groups excluding carboxylic acids is 3. The molecule has 1 atom stereocenters. The second-order valence-corrected chi connectivity index (χ2v) is 18.1. The number of carbonyl (C=O) groups is 3. The normalized spacial score (nSPS) is 12.5. The molecule has 0 aromatic rings. The number of unbranched alkanes of at least 4 members (excludes halogenated alkanes) is 28. The van der Waals surface area contributed by atoms with Crippen molar-refractivity contribution in [1.29, 1.82) is 0 Å². The first-order valence-corrected chi connectivity index (χ1v) is 27.3. The average Bonchev–Trinajstić information content (AvgIpc) is 3.29. The molecule has 0 fully saturated rings. The summed E-state index contributed by atoms with van der Waals surface area (Å²) in [6, 6.07) is 0. The van der Waals surface area contributed by atoms with Crippen molar-refractivity contribution in [1.82, 2.24) is 0 Å². The minimum atomic E-state index is -0.785. The first-order chi connectivity index (χ1) is 31.5. The fourth-order valence-electron chi connectivity index (χ4n) is 7.60. The van der Waals surface area contributed by atoms with Gasteiger partial charge in [0.05, 0.1) is 0 Å². The van der Waals surface area contributed by atoms with Crippen LogP contribution in [0.4, 0.5) is 0 Å². The quantitative estimate of drug-likeness (QED) is 0.0262. The molecular formula is C58H102O6. The predicted octanol–water partition coefficient (Wildman–Crippen LogP) is 18.0. The molecule has 0 aliphatic carbocycles. The van der Waals surface area contributed by atoms with Gasteiger partial charge in [-0.1, -0.05) is 223 Å². The summed E-state index contributed by atoms with van der Waals surface area (Å²) in [7, 11) is 0. The summed E-state index contributed by atoms with van der Waals surface area (Å²) in [5, 5.41) is 0. The lowest BCUT2D eigenvalue weighted by Gasteiger charge is -2.18. The Morgan fingerprint density at radius 3 is 0.906 bits per heavy atom. The van der Waals surface area contributed by atoms with Crippen LogP contribution in [0, 0.1) is 0 Å². The van der Waals surface area contributed by atoms with Crippen LogP contribution in [0.5, 0.6) is 0 Å². The van der Waals surface area contributed by atoms with Crippen LogP contribution in [0.2, 0.25) is 0 Å². The zero-order valence-corrected chi connectivity index (χ0v) is 42.3. The Hall–Kier alpha value is -2.89. The largest absolute Gasteiger partial charge is 0.462 e.